The highest BCUT2D eigenvalue weighted by atomic mass is 16.5. The zero-order valence-electron chi connectivity index (χ0n) is 11.8. The average Bonchev–Trinajstić information content (AvgIpc) is 2.94. The third kappa shape index (κ3) is 3.74. The monoisotopic (exact) mass is 272 g/mol. The molecule has 1 aromatic rings. The van der Waals surface area contributed by atoms with Crippen LogP contribution in [0, 0.1) is 17.2 Å². The first-order chi connectivity index (χ1) is 9.72. The molecule has 0 radical (unpaired) electrons. The van der Waals surface area contributed by atoms with Crippen molar-refractivity contribution in [1.82, 2.24) is 4.90 Å². The summed E-state index contributed by atoms with van der Waals surface area (Å²) in [7, 11) is 0. The SMILES string of the molecule is CCCC1CCN(C(=O)COc2ccc(C#N)cc2)C1. The van der Waals surface area contributed by atoms with Gasteiger partial charge in [-0.05, 0) is 43.0 Å². The van der Waals surface area contributed by atoms with Crippen molar-refractivity contribution in [2.24, 2.45) is 5.92 Å². The zero-order valence-corrected chi connectivity index (χ0v) is 11.8. The Morgan fingerprint density at radius 1 is 1.45 bits per heavy atom. The number of rotatable bonds is 5. The minimum Gasteiger partial charge on any atom is -0.484 e. The van der Waals surface area contributed by atoms with Crippen molar-refractivity contribution in [1.29, 1.82) is 5.26 Å². The first kappa shape index (κ1) is 14.4. The number of amides is 1. The van der Waals surface area contributed by atoms with Crippen LogP contribution < -0.4 is 4.74 Å². The summed E-state index contributed by atoms with van der Waals surface area (Å²) in [5.74, 6) is 1.33. The third-order valence-electron chi connectivity index (χ3n) is 3.68. The molecule has 1 aliphatic rings. The highest BCUT2D eigenvalue weighted by Crippen LogP contribution is 2.21. The highest BCUT2D eigenvalue weighted by molar-refractivity contribution is 5.78. The second-order valence-electron chi connectivity index (χ2n) is 5.21. The maximum atomic E-state index is 12.0. The fourth-order valence-electron chi connectivity index (χ4n) is 2.57. The van der Waals surface area contributed by atoms with E-state index in [-0.39, 0.29) is 12.5 Å². The molecule has 0 aliphatic carbocycles. The van der Waals surface area contributed by atoms with Gasteiger partial charge in [0.1, 0.15) is 5.75 Å². The van der Waals surface area contributed by atoms with Crippen LogP contribution in [0.25, 0.3) is 0 Å². The van der Waals surface area contributed by atoms with Gasteiger partial charge in [-0.2, -0.15) is 5.26 Å². The van der Waals surface area contributed by atoms with Gasteiger partial charge in [-0.1, -0.05) is 13.3 Å². The first-order valence-corrected chi connectivity index (χ1v) is 7.13. The molecule has 1 fully saturated rings. The summed E-state index contributed by atoms with van der Waals surface area (Å²) in [4.78, 5) is 13.9. The average molecular weight is 272 g/mol. The van der Waals surface area contributed by atoms with Gasteiger partial charge in [0.15, 0.2) is 6.61 Å². The van der Waals surface area contributed by atoms with Gasteiger partial charge in [0.2, 0.25) is 0 Å². The summed E-state index contributed by atoms with van der Waals surface area (Å²) in [5.41, 5.74) is 0.589. The van der Waals surface area contributed by atoms with E-state index in [9.17, 15) is 4.79 Å². The Morgan fingerprint density at radius 3 is 2.85 bits per heavy atom. The number of carbonyl (C=O) groups is 1. The van der Waals surface area contributed by atoms with Crippen molar-refractivity contribution in [2.45, 2.75) is 26.2 Å². The molecular weight excluding hydrogens is 252 g/mol. The first-order valence-electron chi connectivity index (χ1n) is 7.13. The molecule has 0 saturated carbocycles. The van der Waals surface area contributed by atoms with Crippen molar-refractivity contribution in [3.8, 4) is 11.8 Å². The number of nitriles is 1. The van der Waals surface area contributed by atoms with E-state index in [0.29, 0.717) is 17.2 Å². The zero-order chi connectivity index (χ0) is 14.4. The Kier molecular flexibility index (Phi) is 5.00. The van der Waals surface area contributed by atoms with Crippen molar-refractivity contribution >= 4 is 5.91 Å². The second kappa shape index (κ2) is 6.95. The highest BCUT2D eigenvalue weighted by Gasteiger charge is 2.25. The Bertz CT molecular complexity index is 490. The summed E-state index contributed by atoms with van der Waals surface area (Å²) < 4.78 is 5.47. The number of benzene rings is 1. The lowest BCUT2D eigenvalue weighted by Crippen LogP contribution is -2.33. The molecule has 0 spiro atoms. The van der Waals surface area contributed by atoms with Crippen molar-refractivity contribution in [2.75, 3.05) is 19.7 Å². The minimum absolute atomic E-state index is 0.0490. The van der Waals surface area contributed by atoms with Crippen LogP contribution in [-0.4, -0.2) is 30.5 Å². The molecule has 0 aromatic heterocycles. The number of hydrogen-bond donors (Lipinski definition) is 0. The molecule has 1 unspecified atom stereocenters. The van der Waals surface area contributed by atoms with E-state index in [4.69, 9.17) is 10.00 Å². The number of carbonyl (C=O) groups excluding carboxylic acids is 1. The summed E-state index contributed by atoms with van der Waals surface area (Å²) in [6.07, 6.45) is 3.48. The molecule has 2 rings (SSSR count). The van der Waals surface area contributed by atoms with Gasteiger partial charge in [-0.3, -0.25) is 4.79 Å². The van der Waals surface area contributed by atoms with E-state index >= 15 is 0 Å². The molecule has 0 bridgehead atoms. The molecule has 1 saturated heterocycles. The maximum Gasteiger partial charge on any atom is 0.260 e. The molecule has 0 N–H and O–H groups in total. The molecular formula is C16H20N2O2. The summed E-state index contributed by atoms with van der Waals surface area (Å²) in [6.45, 7) is 3.97. The standard InChI is InChI=1S/C16H20N2O2/c1-2-3-14-8-9-18(11-14)16(19)12-20-15-6-4-13(10-17)5-7-15/h4-7,14H,2-3,8-9,11-12H2,1H3. The number of likely N-dealkylation sites (tertiary alicyclic amines) is 1. The van der Waals surface area contributed by atoms with E-state index < -0.39 is 0 Å². The predicted octanol–water partition coefficient (Wildman–Crippen LogP) is 2.59. The van der Waals surface area contributed by atoms with Crippen LogP contribution >= 0.6 is 0 Å². The second-order valence-corrected chi connectivity index (χ2v) is 5.21. The summed E-state index contributed by atoms with van der Waals surface area (Å²) >= 11 is 0. The van der Waals surface area contributed by atoms with E-state index in [1.165, 1.54) is 12.8 Å². The largest absolute Gasteiger partial charge is 0.484 e. The fraction of sp³-hybridized carbons (Fsp3) is 0.500. The topological polar surface area (TPSA) is 53.3 Å². The molecule has 1 amide bonds. The van der Waals surface area contributed by atoms with E-state index in [1.807, 2.05) is 11.0 Å². The van der Waals surface area contributed by atoms with Gasteiger partial charge >= 0.3 is 0 Å². The van der Waals surface area contributed by atoms with E-state index in [2.05, 4.69) is 6.92 Å². The van der Waals surface area contributed by atoms with Crippen LogP contribution in [0.2, 0.25) is 0 Å². The number of nitrogens with zero attached hydrogens (tertiary/aromatic N) is 2. The Balaban J connectivity index is 1.79. The van der Waals surface area contributed by atoms with Crippen molar-refractivity contribution in [3.05, 3.63) is 29.8 Å². The Hall–Kier alpha value is -2.02. The molecule has 1 heterocycles. The molecule has 106 valence electrons. The van der Waals surface area contributed by atoms with Crippen LogP contribution in [0.5, 0.6) is 5.75 Å². The van der Waals surface area contributed by atoms with Crippen LogP contribution in [0.3, 0.4) is 0 Å². The molecule has 1 aromatic carbocycles. The van der Waals surface area contributed by atoms with Gasteiger partial charge in [-0.15, -0.1) is 0 Å². The lowest BCUT2D eigenvalue weighted by molar-refractivity contribution is -0.132. The van der Waals surface area contributed by atoms with Gasteiger partial charge in [0, 0.05) is 13.1 Å². The maximum absolute atomic E-state index is 12.0. The van der Waals surface area contributed by atoms with E-state index in [1.54, 1.807) is 24.3 Å². The number of hydrogen-bond acceptors (Lipinski definition) is 3. The Morgan fingerprint density at radius 2 is 2.20 bits per heavy atom. The third-order valence-corrected chi connectivity index (χ3v) is 3.68. The molecule has 1 atom stereocenters. The Labute approximate surface area is 120 Å². The van der Waals surface area contributed by atoms with Crippen LogP contribution in [0.1, 0.15) is 31.7 Å². The van der Waals surface area contributed by atoms with Gasteiger partial charge < -0.3 is 9.64 Å². The lowest BCUT2D eigenvalue weighted by Gasteiger charge is -2.16. The van der Waals surface area contributed by atoms with Gasteiger partial charge in [-0.25, -0.2) is 0 Å². The van der Waals surface area contributed by atoms with Crippen LogP contribution in [-0.2, 0) is 4.79 Å². The fourth-order valence-corrected chi connectivity index (χ4v) is 2.57. The molecule has 4 nitrogen and oxygen atoms in total. The lowest BCUT2D eigenvalue weighted by atomic mass is 10.0. The summed E-state index contributed by atoms with van der Waals surface area (Å²) in [6, 6.07) is 8.86. The number of ether oxygens (including phenoxy) is 1. The predicted molar refractivity (Wildman–Crippen MR) is 76.2 cm³/mol. The van der Waals surface area contributed by atoms with Gasteiger partial charge in [0.25, 0.3) is 5.91 Å². The quantitative estimate of drug-likeness (QED) is 0.828. The van der Waals surface area contributed by atoms with Gasteiger partial charge in [0.05, 0.1) is 11.6 Å². The van der Waals surface area contributed by atoms with Crippen molar-refractivity contribution < 1.29 is 9.53 Å². The molecule has 4 heteroatoms. The normalized spacial score (nSPS) is 17.8. The minimum atomic E-state index is 0.0490. The van der Waals surface area contributed by atoms with E-state index in [0.717, 1.165) is 19.5 Å². The van der Waals surface area contributed by atoms with Crippen LogP contribution in [0.4, 0.5) is 0 Å². The summed E-state index contributed by atoms with van der Waals surface area (Å²) in [5, 5.41) is 8.71. The van der Waals surface area contributed by atoms with Crippen LogP contribution in [0.15, 0.2) is 24.3 Å². The smallest absolute Gasteiger partial charge is 0.260 e. The van der Waals surface area contributed by atoms with Crippen molar-refractivity contribution in [3.63, 3.8) is 0 Å². The molecule has 1 aliphatic heterocycles. The molecule has 20 heavy (non-hydrogen) atoms.